The summed E-state index contributed by atoms with van der Waals surface area (Å²) < 4.78 is 37.4. The zero-order chi connectivity index (χ0) is 14.8. The summed E-state index contributed by atoms with van der Waals surface area (Å²) in [6.45, 7) is 0.903. The second-order valence-electron chi connectivity index (χ2n) is 4.15. The first-order chi connectivity index (χ1) is 9.36. The summed E-state index contributed by atoms with van der Waals surface area (Å²) in [5.41, 5.74) is 6.25. The Hall–Kier alpha value is -2.13. The Bertz CT molecular complexity index is 713. The van der Waals surface area contributed by atoms with Gasteiger partial charge in [-0.25, -0.2) is 17.9 Å². The van der Waals surface area contributed by atoms with Crippen LogP contribution in [0, 0.1) is 5.82 Å². The summed E-state index contributed by atoms with van der Waals surface area (Å²) in [5.74, 6) is -0.684. The Morgan fingerprint density at radius 1 is 1.40 bits per heavy atom. The third-order valence-electron chi connectivity index (χ3n) is 2.58. The Morgan fingerprint density at radius 3 is 2.70 bits per heavy atom. The quantitative estimate of drug-likeness (QED) is 0.737. The Labute approximate surface area is 115 Å². The van der Waals surface area contributed by atoms with Gasteiger partial charge in [0.05, 0.1) is 29.0 Å². The molecule has 2 aromatic rings. The van der Waals surface area contributed by atoms with Gasteiger partial charge < -0.3 is 11.1 Å². The normalized spacial score (nSPS) is 11.5. The molecule has 5 N–H and O–H groups in total. The first-order valence-corrected chi connectivity index (χ1v) is 7.25. The van der Waals surface area contributed by atoms with Gasteiger partial charge in [-0.3, -0.25) is 4.68 Å². The Balaban J connectivity index is 2.00. The average Bonchev–Trinajstić information content (AvgIpc) is 2.76. The van der Waals surface area contributed by atoms with E-state index in [2.05, 4.69) is 10.4 Å². The van der Waals surface area contributed by atoms with E-state index < -0.39 is 15.8 Å². The van der Waals surface area contributed by atoms with Crippen LogP contribution in [0.1, 0.15) is 0 Å². The molecule has 0 fully saturated rings. The minimum atomic E-state index is -3.90. The number of nitrogen functional groups attached to an aromatic ring is 1. The molecule has 0 atom stereocenters. The average molecular weight is 299 g/mol. The van der Waals surface area contributed by atoms with Crippen LogP contribution in [0.3, 0.4) is 0 Å². The van der Waals surface area contributed by atoms with Crippen LogP contribution in [0.15, 0.2) is 35.5 Å². The molecule has 0 amide bonds. The number of aromatic nitrogens is 2. The van der Waals surface area contributed by atoms with Crippen molar-refractivity contribution in [3.8, 4) is 0 Å². The third kappa shape index (κ3) is 3.45. The number of nitrogens with two attached hydrogens (primary N) is 2. The molecule has 2 rings (SSSR count). The van der Waals surface area contributed by atoms with Crippen LogP contribution in [-0.2, 0) is 16.6 Å². The maximum atomic E-state index is 13.7. The van der Waals surface area contributed by atoms with Crippen LogP contribution < -0.4 is 16.2 Å². The molecule has 0 saturated heterocycles. The molecule has 108 valence electrons. The number of nitrogens with zero attached hydrogens (tertiary/aromatic N) is 2. The second kappa shape index (κ2) is 5.47. The lowest BCUT2D eigenvalue weighted by Crippen LogP contribution is -2.14. The van der Waals surface area contributed by atoms with E-state index in [-0.39, 0.29) is 10.6 Å². The fourth-order valence-electron chi connectivity index (χ4n) is 1.62. The standard InChI is InChI=1S/C11H14FN5O2S/c12-10-5-9(20(14,18)19)1-2-11(10)15-3-4-17-7-8(13)6-16-17/h1-2,5-7,15H,3-4,13H2,(H2,14,18,19). The van der Waals surface area contributed by atoms with E-state index >= 15 is 0 Å². The summed E-state index contributed by atoms with van der Waals surface area (Å²) in [6, 6.07) is 3.45. The van der Waals surface area contributed by atoms with Gasteiger partial charge >= 0.3 is 0 Å². The zero-order valence-corrected chi connectivity index (χ0v) is 11.3. The van der Waals surface area contributed by atoms with E-state index in [1.807, 2.05) is 0 Å². The fraction of sp³-hybridized carbons (Fsp3) is 0.182. The smallest absolute Gasteiger partial charge is 0.238 e. The molecule has 1 aromatic heterocycles. The molecule has 1 aromatic carbocycles. The highest BCUT2D eigenvalue weighted by Gasteiger charge is 2.11. The lowest BCUT2D eigenvalue weighted by Gasteiger charge is -2.08. The molecule has 0 aliphatic rings. The van der Waals surface area contributed by atoms with Crippen LogP contribution in [0.5, 0.6) is 0 Å². The summed E-state index contributed by atoms with van der Waals surface area (Å²) in [6.07, 6.45) is 3.17. The number of hydrogen-bond donors (Lipinski definition) is 3. The van der Waals surface area contributed by atoms with Crippen LogP contribution in [0.25, 0.3) is 0 Å². The minimum absolute atomic E-state index is 0.192. The van der Waals surface area contributed by atoms with Gasteiger partial charge in [-0.1, -0.05) is 0 Å². The van der Waals surface area contributed by atoms with Crippen LogP contribution in [0.2, 0.25) is 0 Å². The number of hydrogen-bond acceptors (Lipinski definition) is 5. The maximum absolute atomic E-state index is 13.7. The lowest BCUT2D eigenvalue weighted by molar-refractivity contribution is 0.592. The topological polar surface area (TPSA) is 116 Å². The molecular formula is C11H14FN5O2S. The van der Waals surface area contributed by atoms with Crippen molar-refractivity contribution in [1.29, 1.82) is 0 Å². The third-order valence-corrected chi connectivity index (χ3v) is 3.49. The number of halogens is 1. The van der Waals surface area contributed by atoms with E-state index in [1.165, 1.54) is 18.3 Å². The van der Waals surface area contributed by atoms with Crippen LogP contribution in [0.4, 0.5) is 15.8 Å². The highest BCUT2D eigenvalue weighted by Crippen LogP contribution is 2.17. The first-order valence-electron chi connectivity index (χ1n) is 5.70. The van der Waals surface area contributed by atoms with Gasteiger partial charge in [0.2, 0.25) is 10.0 Å². The van der Waals surface area contributed by atoms with Crippen molar-refractivity contribution in [3.63, 3.8) is 0 Å². The summed E-state index contributed by atoms with van der Waals surface area (Å²) >= 11 is 0. The van der Waals surface area contributed by atoms with Crippen molar-refractivity contribution in [2.24, 2.45) is 5.14 Å². The molecule has 0 spiro atoms. The molecule has 0 saturated carbocycles. The molecule has 20 heavy (non-hydrogen) atoms. The molecule has 0 aliphatic carbocycles. The van der Waals surface area contributed by atoms with Gasteiger partial charge in [0.15, 0.2) is 0 Å². The van der Waals surface area contributed by atoms with Crippen molar-refractivity contribution in [3.05, 3.63) is 36.4 Å². The van der Waals surface area contributed by atoms with Crippen molar-refractivity contribution >= 4 is 21.4 Å². The van der Waals surface area contributed by atoms with Gasteiger partial charge in [-0.15, -0.1) is 0 Å². The second-order valence-corrected chi connectivity index (χ2v) is 5.71. The molecule has 0 radical (unpaired) electrons. The van der Waals surface area contributed by atoms with Gasteiger partial charge in [-0.2, -0.15) is 5.10 Å². The predicted molar refractivity (Wildman–Crippen MR) is 72.9 cm³/mol. The molecule has 1 heterocycles. The predicted octanol–water partition coefficient (Wildman–Crippen LogP) is 0.364. The minimum Gasteiger partial charge on any atom is -0.396 e. The van der Waals surface area contributed by atoms with Crippen molar-refractivity contribution in [2.45, 2.75) is 11.4 Å². The van der Waals surface area contributed by atoms with Gasteiger partial charge in [-0.05, 0) is 18.2 Å². The highest BCUT2D eigenvalue weighted by molar-refractivity contribution is 7.89. The van der Waals surface area contributed by atoms with Crippen LogP contribution in [-0.4, -0.2) is 24.7 Å². The van der Waals surface area contributed by atoms with E-state index in [0.29, 0.717) is 18.8 Å². The summed E-state index contributed by atoms with van der Waals surface area (Å²) in [4.78, 5) is -0.264. The first kappa shape index (κ1) is 14.3. The monoisotopic (exact) mass is 299 g/mol. The van der Waals surface area contributed by atoms with E-state index in [0.717, 1.165) is 6.07 Å². The Kier molecular flexibility index (Phi) is 3.91. The van der Waals surface area contributed by atoms with E-state index in [9.17, 15) is 12.8 Å². The zero-order valence-electron chi connectivity index (χ0n) is 10.5. The molecule has 0 bridgehead atoms. The van der Waals surface area contributed by atoms with Gasteiger partial charge in [0.25, 0.3) is 0 Å². The molecule has 9 heteroatoms. The van der Waals surface area contributed by atoms with Crippen molar-refractivity contribution < 1.29 is 12.8 Å². The number of nitrogens with one attached hydrogen (secondary N) is 1. The Morgan fingerprint density at radius 2 is 2.15 bits per heavy atom. The number of sulfonamides is 1. The number of rotatable bonds is 5. The van der Waals surface area contributed by atoms with E-state index in [4.69, 9.17) is 10.9 Å². The van der Waals surface area contributed by atoms with Gasteiger partial charge in [0.1, 0.15) is 5.82 Å². The van der Waals surface area contributed by atoms with Crippen molar-refractivity contribution in [2.75, 3.05) is 17.6 Å². The fourth-order valence-corrected chi connectivity index (χ4v) is 2.15. The largest absolute Gasteiger partial charge is 0.396 e. The maximum Gasteiger partial charge on any atom is 0.238 e. The molecular weight excluding hydrogens is 285 g/mol. The van der Waals surface area contributed by atoms with E-state index in [1.54, 1.807) is 10.9 Å². The molecule has 0 unspecified atom stereocenters. The molecule has 7 nitrogen and oxygen atoms in total. The van der Waals surface area contributed by atoms with Gasteiger partial charge in [0, 0.05) is 12.7 Å². The number of benzene rings is 1. The molecule has 0 aliphatic heterocycles. The van der Waals surface area contributed by atoms with Crippen molar-refractivity contribution in [1.82, 2.24) is 9.78 Å². The number of primary sulfonamides is 1. The SMILES string of the molecule is Nc1cnn(CCNc2ccc(S(N)(=O)=O)cc2F)c1. The van der Waals surface area contributed by atoms with Crippen LogP contribution >= 0.6 is 0 Å². The summed E-state index contributed by atoms with van der Waals surface area (Å²) in [7, 11) is -3.90. The number of anilines is 2. The lowest BCUT2D eigenvalue weighted by atomic mass is 10.3. The highest BCUT2D eigenvalue weighted by atomic mass is 32.2. The summed E-state index contributed by atoms with van der Waals surface area (Å²) in [5, 5.41) is 11.7.